The number of nitrogens with one attached hydrogen (secondary N) is 1. The number of ether oxygens (including phenoxy) is 1. The number of anilines is 1. The number of rotatable bonds is 4. The van der Waals surface area contributed by atoms with Crippen LogP contribution in [-0.4, -0.2) is 10.9 Å². The largest absolute Gasteiger partial charge is 0.455 e. The van der Waals surface area contributed by atoms with Crippen LogP contribution in [-0.2, 0) is 0 Å². The van der Waals surface area contributed by atoms with Crippen LogP contribution < -0.4 is 10.1 Å². The van der Waals surface area contributed by atoms with E-state index < -0.39 is 17.5 Å². The predicted octanol–water partition coefficient (Wildman–Crippen LogP) is 5.06. The summed E-state index contributed by atoms with van der Waals surface area (Å²) in [7, 11) is 0. The number of pyridine rings is 1. The van der Waals surface area contributed by atoms with Crippen molar-refractivity contribution in [3.05, 3.63) is 83.1 Å². The van der Waals surface area contributed by atoms with Crippen LogP contribution in [0.2, 0.25) is 5.02 Å². The molecular formula is C18H11ClF2N2O2. The van der Waals surface area contributed by atoms with Crippen molar-refractivity contribution in [3.63, 3.8) is 0 Å². The first-order valence-electron chi connectivity index (χ1n) is 7.17. The van der Waals surface area contributed by atoms with E-state index in [1.807, 2.05) is 0 Å². The lowest BCUT2D eigenvalue weighted by Crippen LogP contribution is -2.12. The SMILES string of the molecule is O=C(Nc1ccc(F)cc1Oc1ccc(F)c(Cl)c1)c1cccnc1. The quantitative estimate of drug-likeness (QED) is 0.707. The van der Waals surface area contributed by atoms with Crippen molar-refractivity contribution in [2.24, 2.45) is 0 Å². The molecule has 0 radical (unpaired) electrons. The van der Waals surface area contributed by atoms with Crippen LogP contribution in [0.15, 0.2) is 60.9 Å². The van der Waals surface area contributed by atoms with E-state index in [0.29, 0.717) is 5.56 Å². The summed E-state index contributed by atoms with van der Waals surface area (Å²) in [4.78, 5) is 16.1. The van der Waals surface area contributed by atoms with Gasteiger partial charge in [-0.15, -0.1) is 0 Å². The molecule has 1 heterocycles. The molecule has 1 aromatic heterocycles. The van der Waals surface area contributed by atoms with E-state index in [1.165, 1.54) is 30.5 Å². The van der Waals surface area contributed by atoms with Gasteiger partial charge in [-0.1, -0.05) is 11.6 Å². The van der Waals surface area contributed by atoms with Crippen molar-refractivity contribution in [2.75, 3.05) is 5.32 Å². The van der Waals surface area contributed by atoms with Crippen LogP contribution in [0.1, 0.15) is 10.4 Å². The third-order valence-corrected chi connectivity index (χ3v) is 3.52. The number of nitrogens with zero attached hydrogens (tertiary/aromatic N) is 1. The topological polar surface area (TPSA) is 51.2 Å². The maximum Gasteiger partial charge on any atom is 0.257 e. The van der Waals surface area contributed by atoms with Crippen molar-refractivity contribution in [3.8, 4) is 11.5 Å². The van der Waals surface area contributed by atoms with Gasteiger partial charge in [-0.05, 0) is 36.4 Å². The minimum absolute atomic E-state index is 0.0555. The summed E-state index contributed by atoms with van der Waals surface area (Å²) >= 11 is 5.71. The molecule has 3 aromatic rings. The van der Waals surface area contributed by atoms with Crippen molar-refractivity contribution in [1.29, 1.82) is 0 Å². The number of benzene rings is 2. The van der Waals surface area contributed by atoms with Gasteiger partial charge in [0.25, 0.3) is 5.91 Å². The Morgan fingerprint density at radius 2 is 1.96 bits per heavy atom. The maximum atomic E-state index is 13.6. The highest BCUT2D eigenvalue weighted by atomic mass is 35.5. The number of hydrogen-bond acceptors (Lipinski definition) is 3. The monoisotopic (exact) mass is 360 g/mol. The van der Waals surface area contributed by atoms with E-state index >= 15 is 0 Å². The number of halogens is 3. The molecule has 0 unspecified atom stereocenters. The molecule has 1 N–H and O–H groups in total. The Morgan fingerprint density at radius 1 is 1.12 bits per heavy atom. The van der Waals surface area contributed by atoms with Crippen molar-refractivity contribution in [1.82, 2.24) is 4.98 Å². The molecule has 0 bridgehead atoms. The molecule has 4 nitrogen and oxygen atoms in total. The first kappa shape index (κ1) is 16.9. The van der Waals surface area contributed by atoms with Crippen LogP contribution >= 0.6 is 11.6 Å². The summed E-state index contributed by atoms with van der Waals surface area (Å²) in [5.41, 5.74) is 0.582. The Kier molecular flexibility index (Phi) is 4.90. The Bertz CT molecular complexity index is 920. The summed E-state index contributed by atoms with van der Waals surface area (Å²) in [5, 5.41) is 2.49. The van der Waals surface area contributed by atoms with E-state index in [-0.39, 0.29) is 22.2 Å². The number of amides is 1. The number of aromatic nitrogens is 1. The number of hydrogen-bond donors (Lipinski definition) is 1. The van der Waals surface area contributed by atoms with E-state index in [4.69, 9.17) is 16.3 Å². The molecule has 0 aliphatic heterocycles. The van der Waals surface area contributed by atoms with Crippen LogP contribution in [0.4, 0.5) is 14.5 Å². The van der Waals surface area contributed by atoms with Gasteiger partial charge in [-0.2, -0.15) is 0 Å². The van der Waals surface area contributed by atoms with Crippen LogP contribution in [0, 0.1) is 11.6 Å². The van der Waals surface area contributed by atoms with E-state index in [2.05, 4.69) is 10.3 Å². The molecule has 1 amide bonds. The zero-order valence-electron chi connectivity index (χ0n) is 12.7. The van der Waals surface area contributed by atoms with E-state index in [9.17, 15) is 13.6 Å². The first-order chi connectivity index (χ1) is 12.0. The van der Waals surface area contributed by atoms with Gasteiger partial charge in [0, 0.05) is 24.5 Å². The minimum Gasteiger partial charge on any atom is -0.455 e. The highest BCUT2D eigenvalue weighted by Gasteiger charge is 2.13. The standard InChI is InChI=1S/C18H11ClF2N2O2/c19-14-9-13(4-5-15(14)21)25-17-8-12(20)3-6-16(17)23-18(24)11-2-1-7-22-10-11/h1-10H,(H,23,24). The van der Waals surface area contributed by atoms with Gasteiger partial charge in [0.1, 0.15) is 17.4 Å². The lowest BCUT2D eigenvalue weighted by molar-refractivity contribution is 0.102. The van der Waals surface area contributed by atoms with Gasteiger partial charge in [0.15, 0.2) is 5.75 Å². The molecule has 0 saturated carbocycles. The maximum absolute atomic E-state index is 13.6. The summed E-state index contributed by atoms with van der Waals surface area (Å²) in [6, 6.07) is 10.6. The fourth-order valence-electron chi connectivity index (χ4n) is 2.04. The predicted molar refractivity (Wildman–Crippen MR) is 90.1 cm³/mol. The molecule has 25 heavy (non-hydrogen) atoms. The van der Waals surface area contributed by atoms with E-state index in [1.54, 1.807) is 18.3 Å². The molecule has 0 atom stereocenters. The van der Waals surface area contributed by atoms with Crippen molar-refractivity contribution >= 4 is 23.2 Å². The van der Waals surface area contributed by atoms with Crippen molar-refractivity contribution < 1.29 is 18.3 Å². The number of carbonyl (C=O) groups is 1. The smallest absolute Gasteiger partial charge is 0.257 e. The third kappa shape index (κ3) is 4.10. The molecule has 3 rings (SSSR count). The zero-order chi connectivity index (χ0) is 17.8. The van der Waals surface area contributed by atoms with Crippen molar-refractivity contribution in [2.45, 2.75) is 0 Å². The molecule has 0 aliphatic carbocycles. The summed E-state index contributed by atoms with van der Waals surface area (Å²) in [6.07, 6.45) is 2.95. The Balaban J connectivity index is 1.87. The third-order valence-electron chi connectivity index (χ3n) is 3.23. The molecule has 126 valence electrons. The Morgan fingerprint density at radius 3 is 2.68 bits per heavy atom. The van der Waals surface area contributed by atoms with Gasteiger partial charge >= 0.3 is 0 Å². The van der Waals surface area contributed by atoms with Gasteiger partial charge in [-0.3, -0.25) is 9.78 Å². The minimum atomic E-state index is -0.599. The second-order valence-corrected chi connectivity index (χ2v) is 5.42. The van der Waals surface area contributed by atoms with Gasteiger partial charge < -0.3 is 10.1 Å². The summed E-state index contributed by atoms with van der Waals surface area (Å²) in [6.45, 7) is 0. The fourth-order valence-corrected chi connectivity index (χ4v) is 2.21. The van der Waals surface area contributed by atoms with Gasteiger partial charge in [0.05, 0.1) is 16.3 Å². The lowest BCUT2D eigenvalue weighted by atomic mass is 10.2. The summed E-state index contributed by atoms with van der Waals surface area (Å²) < 4.78 is 32.3. The second-order valence-electron chi connectivity index (χ2n) is 5.01. The zero-order valence-corrected chi connectivity index (χ0v) is 13.4. The second kappa shape index (κ2) is 7.27. The molecule has 0 spiro atoms. The van der Waals surface area contributed by atoms with Crippen LogP contribution in [0.5, 0.6) is 11.5 Å². The Hall–Kier alpha value is -2.99. The lowest BCUT2D eigenvalue weighted by Gasteiger charge is -2.13. The van der Waals surface area contributed by atoms with Crippen LogP contribution in [0.25, 0.3) is 0 Å². The highest BCUT2D eigenvalue weighted by molar-refractivity contribution is 6.30. The van der Waals surface area contributed by atoms with Gasteiger partial charge in [-0.25, -0.2) is 8.78 Å². The first-order valence-corrected chi connectivity index (χ1v) is 7.54. The normalized spacial score (nSPS) is 10.4. The van der Waals surface area contributed by atoms with Crippen LogP contribution in [0.3, 0.4) is 0 Å². The van der Waals surface area contributed by atoms with E-state index in [0.717, 1.165) is 12.1 Å². The average molecular weight is 361 g/mol. The average Bonchev–Trinajstić information content (AvgIpc) is 2.61. The summed E-state index contributed by atoms with van der Waals surface area (Å²) in [5.74, 6) is -1.32. The molecule has 0 saturated heterocycles. The molecule has 2 aromatic carbocycles. The molecule has 0 aliphatic rings. The highest BCUT2D eigenvalue weighted by Crippen LogP contribution is 2.32. The fraction of sp³-hybridized carbons (Fsp3) is 0. The Labute approximate surface area is 147 Å². The molecule has 0 fully saturated rings. The molecule has 7 heteroatoms. The van der Waals surface area contributed by atoms with Gasteiger partial charge in [0.2, 0.25) is 0 Å². The number of carbonyl (C=O) groups excluding carboxylic acids is 1. The molecular weight excluding hydrogens is 350 g/mol.